The molecule has 1 heterocycles. The van der Waals surface area contributed by atoms with Crippen molar-refractivity contribution in [2.75, 3.05) is 33.4 Å². The lowest BCUT2D eigenvalue weighted by molar-refractivity contribution is -0.154. The summed E-state index contributed by atoms with van der Waals surface area (Å²) < 4.78 is 10.9. The fraction of sp³-hybridized carbons (Fsp3) is 0.875. The van der Waals surface area contributed by atoms with Crippen molar-refractivity contribution in [3.63, 3.8) is 0 Å². The van der Waals surface area contributed by atoms with Crippen molar-refractivity contribution >= 4 is 11.9 Å². The highest BCUT2D eigenvalue weighted by atomic mass is 16.5. The van der Waals surface area contributed by atoms with Gasteiger partial charge in [-0.25, -0.2) is 0 Å². The molecule has 5 heteroatoms. The number of nitrogens with zero attached hydrogens (tertiary/aromatic N) is 1. The average molecular weight is 405 g/mol. The summed E-state index contributed by atoms with van der Waals surface area (Å²) in [6.45, 7) is 6.58. The van der Waals surface area contributed by atoms with Crippen LogP contribution in [0, 0.1) is 41.9 Å². The van der Waals surface area contributed by atoms with Gasteiger partial charge in [-0.05, 0) is 108 Å². The lowest BCUT2D eigenvalue weighted by atomic mass is 9.49. The van der Waals surface area contributed by atoms with Crippen molar-refractivity contribution in [2.24, 2.45) is 35.0 Å². The molecule has 4 aliphatic carbocycles. The van der Waals surface area contributed by atoms with E-state index in [4.69, 9.17) is 9.47 Å². The van der Waals surface area contributed by atoms with Gasteiger partial charge in [0, 0.05) is 12.3 Å². The van der Waals surface area contributed by atoms with Crippen LogP contribution >= 0.6 is 0 Å². The maximum Gasteiger partial charge on any atom is 0.306 e. The second-order valence-corrected chi connectivity index (χ2v) is 10.8. The fourth-order valence-electron chi connectivity index (χ4n) is 6.89. The van der Waals surface area contributed by atoms with Crippen molar-refractivity contribution in [1.29, 1.82) is 0 Å². The summed E-state index contributed by atoms with van der Waals surface area (Å²) >= 11 is 0. The van der Waals surface area contributed by atoms with E-state index in [1.165, 1.54) is 38.5 Å². The molecule has 1 atom stereocenters. The molecule has 0 N–H and O–H groups in total. The molecule has 0 aromatic carbocycles. The van der Waals surface area contributed by atoms with Gasteiger partial charge in [-0.15, -0.1) is 0 Å². The van der Waals surface area contributed by atoms with Crippen molar-refractivity contribution < 1.29 is 19.1 Å². The van der Waals surface area contributed by atoms with Crippen LogP contribution < -0.4 is 0 Å². The molecule has 0 spiro atoms. The van der Waals surface area contributed by atoms with Crippen LogP contribution in [-0.4, -0.2) is 50.2 Å². The van der Waals surface area contributed by atoms with E-state index in [2.05, 4.69) is 18.9 Å². The first kappa shape index (κ1) is 21.1. The van der Waals surface area contributed by atoms with E-state index in [-0.39, 0.29) is 36.5 Å². The number of esters is 2. The number of carbonyl (C=O) groups excluding carboxylic acids is 2. The van der Waals surface area contributed by atoms with E-state index in [1.807, 2.05) is 0 Å². The molecule has 5 fully saturated rings. The number of likely N-dealkylation sites (tertiary alicyclic amines) is 1. The van der Waals surface area contributed by atoms with Gasteiger partial charge in [0.25, 0.3) is 0 Å². The zero-order valence-corrected chi connectivity index (χ0v) is 18.1. The summed E-state index contributed by atoms with van der Waals surface area (Å²) in [5.74, 6) is 2.54. The Kier molecular flexibility index (Phi) is 6.53. The number of rotatable bonds is 8. The Balaban J connectivity index is 1.12. The third-order valence-electron chi connectivity index (χ3n) is 7.94. The van der Waals surface area contributed by atoms with Crippen LogP contribution in [0.15, 0.2) is 0 Å². The molecular formula is C24H38NO4. The second-order valence-electron chi connectivity index (χ2n) is 10.8. The van der Waals surface area contributed by atoms with Crippen LogP contribution in [0.5, 0.6) is 0 Å². The molecule has 5 rings (SSSR count). The first-order valence-electron chi connectivity index (χ1n) is 11.7. The van der Waals surface area contributed by atoms with E-state index in [1.54, 1.807) is 0 Å². The monoisotopic (exact) mass is 404 g/mol. The number of hydrogen-bond acceptors (Lipinski definition) is 5. The molecule has 5 nitrogen and oxygen atoms in total. The lowest BCUT2D eigenvalue weighted by Gasteiger charge is -2.56. The van der Waals surface area contributed by atoms with Crippen molar-refractivity contribution in [3.8, 4) is 0 Å². The molecule has 0 amide bonds. The smallest absolute Gasteiger partial charge is 0.306 e. The Morgan fingerprint density at radius 2 is 1.48 bits per heavy atom. The van der Waals surface area contributed by atoms with Crippen molar-refractivity contribution in [2.45, 2.75) is 64.2 Å². The van der Waals surface area contributed by atoms with Crippen LogP contribution in [0.1, 0.15) is 64.2 Å². The largest absolute Gasteiger partial charge is 0.465 e. The number of piperidine rings is 1. The maximum atomic E-state index is 12.5. The predicted molar refractivity (Wildman–Crippen MR) is 111 cm³/mol. The zero-order chi connectivity index (χ0) is 20.4. The van der Waals surface area contributed by atoms with Gasteiger partial charge in [-0.3, -0.25) is 9.59 Å². The van der Waals surface area contributed by atoms with Gasteiger partial charge >= 0.3 is 11.9 Å². The van der Waals surface area contributed by atoms with Gasteiger partial charge in [-0.1, -0.05) is 0 Å². The van der Waals surface area contributed by atoms with Crippen molar-refractivity contribution in [3.05, 3.63) is 6.92 Å². The lowest BCUT2D eigenvalue weighted by Crippen LogP contribution is -2.47. The van der Waals surface area contributed by atoms with Gasteiger partial charge < -0.3 is 14.4 Å². The van der Waals surface area contributed by atoms with Crippen LogP contribution in [-0.2, 0) is 19.1 Å². The van der Waals surface area contributed by atoms with Crippen LogP contribution in [0.3, 0.4) is 0 Å². The first-order valence-corrected chi connectivity index (χ1v) is 11.7. The Bertz CT molecular complexity index is 560. The average Bonchev–Trinajstić information content (AvgIpc) is 2.65. The summed E-state index contributed by atoms with van der Waals surface area (Å²) in [7, 11) is 2.12. The van der Waals surface area contributed by atoms with Crippen molar-refractivity contribution in [1.82, 2.24) is 4.90 Å². The Labute approximate surface area is 175 Å². The molecule has 4 bridgehead atoms. The van der Waals surface area contributed by atoms with Gasteiger partial charge in [0.1, 0.15) is 0 Å². The van der Waals surface area contributed by atoms with Crippen LogP contribution in [0.25, 0.3) is 0 Å². The summed E-state index contributed by atoms with van der Waals surface area (Å²) in [4.78, 5) is 26.9. The maximum absolute atomic E-state index is 12.5. The second kappa shape index (κ2) is 8.95. The Hall–Kier alpha value is -1.10. The normalized spacial score (nSPS) is 35.4. The highest BCUT2D eigenvalue weighted by molar-refractivity contribution is 5.70. The third kappa shape index (κ3) is 5.53. The highest BCUT2D eigenvalue weighted by Crippen LogP contribution is 2.61. The Morgan fingerprint density at radius 3 is 2.03 bits per heavy atom. The molecular weight excluding hydrogens is 366 g/mol. The highest BCUT2D eigenvalue weighted by Gasteiger charge is 2.51. The van der Waals surface area contributed by atoms with E-state index in [9.17, 15) is 9.59 Å². The molecule has 1 aliphatic heterocycles. The summed E-state index contributed by atoms with van der Waals surface area (Å²) in [6, 6.07) is 0. The Morgan fingerprint density at radius 1 is 0.966 bits per heavy atom. The van der Waals surface area contributed by atoms with E-state index < -0.39 is 0 Å². The topological polar surface area (TPSA) is 55.8 Å². The van der Waals surface area contributed by atoms with Crippen LogP contribution in [0.2, 0.25) is 0 Å². The molecule has 0 aromatic heterocycles. The van der Waals surface area contributed by atoms with Gasteiger partial charge in [0.15, 0.2) is 0 Å². The summed E-state index contributed by atoms with van der Waals surface area (Å²) in [6.07, 6.45) is 11.0. The zero-order valence-electron chi connectivity index (χ0n) is 18.1. The quantitative estimate of drug-likeness (QED) is 0.575. The first-order chi connectivity index (χ1) is 13.9. The minimum absolute atomic E-state index is 0.0850. The molecule has 5 aliphatic rings. The molecule has 4 saturated carbocycles. The summed E-state index contributed by atoms with van der Waals surface area (Å²) in [5, 5.41) is 0. The number of hydrogen-bond donors (Lipinski definition) is 0. The number of ether oxygens (including phenoxy) is 2. The summed E-state index contributed by atoms with van der Waals surface area (Å²) in [5.41, 5.74) is 0.211. The molecule has 1 unspecified atom stereocenters. The number of carbonyl (C=O) groups is 2. The standard InChI is InChI=1S/C24H38NO4/c1-17(15-28-22(26)10-18-3-5-25(2)6-4-18)16-29-23(27)14-24-11-19-7-20(12-24)9-21(8-19)13-24/h17-21H,1,3-16H2,2H3. The van der Waals surface area contributed by atoms with Gasteiger partial charge in [0.05, 0.1) is 19.6 Å². The minimum atomic E-state index is -0.197. The van der Waals surface area contributed by atoms with E-state index in [0.29, 0.717) is 18.8 Å². The van der Waals surface area contributed by atoms with E-state index >= 15 is 0 Å². The third-order valence-corrected chi connectivity index (χ3v) is 7.94. The molecule has 1 radical (unpaired) electrons. The molecule has 1 saturated heterocycles. The van der Waals surface area contributed by atoms with Crippen LogP contribution in [0.4, 0.5) is 0 Å². The van der Waals surface area contributed by atoms with E-state index in [0.717, 1.165) is 43.7 Å². The van der Waals surface area contributed by atoms with Gasteiger partial charge in [0.2, 0.25) is 0 Å². The predicted octanol–water partition coefficient (Wildman–Crippen LogP) is 3.86. The SMILES string of the molecule is [CH2]C(COC(=O)CC1CCN(C)CC1)COC(=O)CC12CC3CC(CC(C3)C1)C2. The molecule has 0 aromatic rings. The fourth-order valence-corrected chi connectivity index (χ4v) is 6.89. The molecule has 163 valence electrons. The minimum Gasteiger partial charge on any atom is -0.465 e. The van der Waals surface area contributed by atoms with Gasteiger partial charge in [-0.2, -0.15) is 0 Å². The molecule has 29 heavy (non-hydrogen) atoms.